The molecule has 0 radical (unpaired) electrons. The number of rotatable bonds is 4. The molecule has 0 aliphatic carbocycles. The van der Waals surface area contributed by atoms with Crippen molar-refractivity contribution in [1.82, 2.24) is 15.7 Å². The van der Waals surface area contributed by atoms with Crippen LogP contribution in [0.4, 0.5) is 10.5 Å². The second-order valence-electron chi connectivity index (χ2n) is 5.30. The number of fused-ring (bicyclic) bond motifs is 1. The number of halogens is 1. The minimum absolute atomic E-state index is 0.253. The summed E-state index contributed by atoms with van der Waals surface area (Å²) in [4.78, 5) is 28.0. The number of benzene rings is 1. The number of anilines is 1. The molecule has 7 heteroatoms. The number of urea groups is 1. The molecule has 1 aromatic carbocycles. The number of hydrogen-bond acceptors (Lipinski definition) is 2. The third-order valence-electron chi connectivity index (χ3n) is 3.80. The summed E-state index contributed by atoms with van der Waals surface area (Å²) in [7, 11) is 0. The molecule has 124 valence electrons. The van der Waals surface area contributed by atoms with Crippen LogP contribution in [0.5, 0.6) is 0 Å². The molecule has 0 spiro atoms. The molecule has 24 heavy (non-hydrogen) atoms. The first-order chi connectivity index (χ1) is 11.6. The number of amides is 3. The maximum absolute atomic E-state index is 12.9. The molecule has 0 unspecified atom stereocenters. The highest BCUT2D eigenvalue weighted by atomic mass is 79.9. The molecule has 2 heterocycles. The molecule has 0 atom stereocenters. The summed E-state index contributed by atoms with van der Waals surface area (Å²) in [5, 5.41) is 4.60. The van der Waals surface area contributed by atoms with Gasteiger partial charge in [-0.25, -0.2) is 15.2 Å². The Morgan fingerprint density at radius 3 is 2.75 bits per heavy atom. The monoisotopic (exact) mass is 388 g/mol. The number of H-pyrrole nitrogens is 1. The Kier molecular flexibility index (Phi) is 4.71. The largest absolute Gasteiger partial charge is 0.361 e. The highest BCUT2D eigenvalue weighted by molar-refractivity contribution is 9.09. The van der Waals surface area contributed by atoms with Gasteiger partial charge < -0.3 is 10.3 Å². The molecule has 0 saturated carbocycles. The average Bonchev–Trinajstić information content (AvgIpc) is 3.20. The van der Waals surface area contributed by atoms with Gasteiger partial charge in [-0.2, -0.15) is 0 Å². The number of carbonyl (C=O) groups is 2. The molecule has 0 fully saturated rings. The standard InChI is InChI=1S/C17H17BrN4O2/c1-11(13-6-4-9-19-13)15-12-5-2-3-7-14(12)22(16(15)23)21-17(24)20-10-8-18/h2-7,9,19H,8,10H2,1H3,(H2,20,21,24). The Balaban J connectivity index is 1.98. The molecule has 3 rings (SSSR count). The molecular weight excluding hydrogens is 372 g/mol. The van der Waals surface area contributed by atoms with Crippen LogP contribution in [0.1, 0.15) is 18.2 Å². The van der Waals surface area contributed by atoms with Gasteiger partial charge in [-0.15, -0.1) is 0 Å². The SMILES string of the molecule is CC(=C1C(=O)N(NC(=O)NCCBr)c2ccccc21)c1ccc[nH]1. The van der Waals surface area contributed by atoms with E-state index in [0.29, 0.717) is 23.1 Å². The van der Waals surface area contributed by atoms with Crippen molar-refractivity contribution in [2.75, 3.05) is 16.9 Å². The van der Waals surface area contributed by atoms with E-state index in [1.54, 1.807) is 0 Å². The van der Waals surface area contributed by atoms with Gasteiger partial charge in [0.05, 0.1) is 11.3 Å². The van der Waals surface area contributed by atoms with Crippen molar-refractivity contribution in [3.05, 3.63) is 53.9 Å². The fourth-order valence-corrected chi connectivity index (χ4v) is 2.89. The van der Waals surface area contributed by atoms with Gasteiger partial charge >= 0.3 is 6.03 Å². The zero-order valence-corrected chi connectivity index (χ0v) is 14.7. The lowest BCUT2D eigenvalue weighted by Gasteiger charge is -2.18. The number of allylic oxidation sites excluding steroid dienone is 1. The van der Waals surface area contributed by atoms with Crippen LogP contribution in [0.25, 0.3) is 11.1 Å². The molecule has 1 aromatic heterocycles. The first-order valence-corrected chi connectivity index (χ1v) is 8.64. The van der Waals surface area contributed by atoms with Gasteiger partial charge in [0.25, 0.3) is 5.91 Å². The molecule has 6 nitrogen and oxygen atoms in total. The summed E-state index contributed by atoms with van der Waals surface area (Å²) in [6.45, 7) is 2.37. The molecule has 1 aliphatic heterocycles. The van der Waals surface area contributed by atoms with Crippen molar-refractivity contribution in [2.24, 2.45) is 0 Å². The van der Waals surface area contributed by atoms with Gasteiger partial charge in [0.2, 0.25) is 0 Å². The van der Waals surface area contributed by atoms with E-state index in [-0.39, 0.29) is 5.91 Å². The number of hydrogen-bond donors (Lipinski definition) is 3. The Hall–Kier alpha value is -2.54. The zero-order valence-electron chi connectivity index (χ0n) is 13.1. The number of carbonyl (C=O) groups excluding carboxylic acids is 2. The van der Waals surface area contributed by atoms with E-state index in [0.717, 1.165) is 16.8 Å². The Morgan fingerprint density at radius 2 is 2.04 bits per heavy atom. The van der Waals surface area contributed by atoms with Crippen LogP contribution in [-0.4, -0.2) is 28.8 Å². The van der Waals surface area contributed by atoms with Crippen LogP contribution < -0.4 is 15.8 Å². The first-order valence-electron chi connectivity index (χ1n) is 7.52. The molecule has 3 N–H and O–H groups in total. The van der Waals surface area contributed by atoms with Crippen molar-refractivity contribution >= 4 is 44.7 Å². The van der Waals surface area contributed by atoms with E-state index >= 15 is 0 Å². The zero-order chi connectivity index (χ0) is 17.1. The van der Waals surface area contributed by atoms with Crippen LogP contribution in [0.2, 0.25) is 0 Å². The van der Waals surface area contributed by atoms with Gasteiger partial charge in [0.15, 0.2) is 0 Å². The Labute approximate surface area is 148 Å². The molecule has 3 amide bonds. The first kappa shape index (κ1) is 16.3. The van der Waals surface area contributed by atoms with Gasteiger partial charge in [-0.05, 0) is 30.7 Å². The number of aromatic amines is 1. The van der Waals surface area contributed by atoms with E-state index in [9.17, 15) is 9.59 Å². The van der Waals surface area contributed by atoms with Gasteiger partial charge in [0, 0.05) is 29.3 Å². The number of nitrogens with one attached hydrogen (secondary N) is 3. The van der Waals surface area contributed by atoms with Crippen LogP contribution in [0, 0.1) is 0 Å². The summed E-state index contributed by atoms with van der Waals surface area (Å²) in [5.74, 6) is -0.253. The Morgan fingerprint density at radius 1 is 1.25 bits per heavy atom. The third-order valence-corrected chi connectivity index (χ3v) is 4.20. The number of para-hydroxylation sites is 1. The maximum Gasteiger partial charge on any atom is 0.334 e. The minimum Gasteiger partial charge on any atom is -0.361 e. The van der Waals surface area contributed by atoms with Gasteiger partial charge in [-0.3, -0.25) is 4.79 Å². The predicted octanol–water partition coefficient (Wildman–Crippen LogP) is 2.90. The van der Waals surface area contributed by atoms with Crippen LogP contribution in [0.3, 0.4) is 0 Å². The predicted molar refractivity (Wildman–Crippen MR) is 97.5 cm³/mol. The fourth-order valence-electron chi connectivity index (χ4n) is 2.69. The lowest BCUT2D eigenvalue weighted by Crippen LogP contribution is -2.49. The van der Waals surface area contributed by atoms with Crippen LogP contribution in [-0.2, 0) is 4.79 Å². The third kappa shape index (κ3) is 2.94. The van der Waals surface area contributed by atoms with E-state index in [2.05, 4.69) is 31.7 Å². The topological polar surface area (TPSA) is 77.2 Å². The summed E-state index contributed by atoms with van der Waals surface area (Å²) in [6, 6.07) is 10.8. The number of aromatic nitrogens is 1. The summed E-state index contributed by atoms with van der Waals surface area (Å²) >= 11 is 3.24. The van der Waals surface area contributed by atoms with Crippen LogP contribution >= 0.6 is 15.9 Å². The lowest BCUT2D eigenvalue weighted by atomic mass is 10.0. The van der Waals surface area contributed by atoms with Crippen molar-refractivity contribution in [1.29, 1.82) is 0 Å². The van der Waals surface area contributed by atoms with Gasteiger partial charge in [-0.1, -0.05) is 34.1 Å². The summed E-state index contributed by atoms with van der Waals surface area (Å²) in [6.07, 6.45) is 1.81. The summed E-state index contributed by atoms with van der Waals surface area (Å²) in [5.41, 5.74) is 6.37. The van der Waals surface area contributed by atoms with Crippen molar-refractivity contribution in [3.63, 3.8) is 0 Å². The minimum atomic E-state index is -0.420. The molecule has 2 aromatic rings. The highest BCUT2D eigenvalue weighted by Crippen LogP contribution is 2.39. The van der Waals surface area contributed by atoms with Crippen LogP contribution in [0.15, 0.2) is 42.6 Å². The maximum atomic E-state index is 12.9. The smallest absolute Gasteiger partial charge is 0.334 e. The molecule has 0 saturated heterocycles. The average molecular weight is 389 g/mol. The number of hydrazine groups is 1. The fraction of sp³-hybridized carbons (Fsp3) is 0.176. The van der Waals surface area contributed by atoms with E-state index in [1.807, 2.05) is 49.5 Å². The number of nitrogens with zero attached hydrogens (tertiary/aromatic N) is 1. The van der Waals surface area contributed by atoms with Crippen molar-refractivity contribution < 1.29 is 9.59 Å². The second kappa shape index (κ2) is 6.92. The summed E-state index contributed by atoms with van der Waals surface area (Å²) < 4.78 is 0. The number of alkyl halides is 1. The van der Waals surface area contributed by atoms with Crippen molar-refractivity contribution in [2.45, 2.75) is 6.92 Å². The van der Waals surface area contributed by atoms with E-state index in [1.165, 1.54) is 5.01 Å². The van der Waals surface area contributed by atoms with E-state index in [4.69, 9.17) is 0 Å². The molecule has 1 aliphatic rings. The van der Waals surface area contributed by atoms with Crippen molar-refractivity contribution in [3.8, 4) is 0 Å². The quantitative estimate of drug-likeness (QED) is 0.556. The van der Waals surface area contributed by atoms with Gasteiger partial charge in [0.1, 0.15) is 0 Å². The second-order valence-corrected chi connectivity index (χ2v) is 6.09. The molecule has 0 bridgehead atoms. The normalized spacial score (nSPS) is 15.2. The Bertz CT molecular complexity index is 799. The highest BCUT2D eigenvalue weighted by Gasteiger charge is 2.35. The van der Waals surface area contributed by atoms with E-state index < -0.39 is 6.03 Å². The lowest BCUT2D eigenvalue weighted by molar-refractivity contribution is -0.113. The molecular formula is C17H17BrN4O2.